The fourth-order valence-corrected chi connectivity index (χ4v) is 2.16. The lowest BCUT2D eigenvalue weighted by molar-refractivity contribution is -0.266. The Kier molecular flexibility index (Phi) is 5.60. The molecule has 1 aliphatic rings. The highest BCUT2D eigenvalue weighted by molar-refractivity contribution is 5.67. The largest absolute Gasteiger partial charge is 0.444 e. The van der Waals surface area contributed by atoms with Crippen LogP contribution in [0, 0.1) is 5.92 Å². The van der Waals surface area contributed by atoms with Crippen LogP contribution in [0.5, 0.6) is 0 Å². The van der Waals surface area contributed by atoms with Crippen LogP contribution in [0.3, 0.4) is 0 Å². The first-order valence-corrected chi connectivity index (χ1v) is 6.85. The van der Waals surface area contributed by atoms with Gasteiger partial charge in [-0.3, -0.25) is 10.6 Å². The van der Waals surface area contributed by atoms with E-state index in [-0.39, 0.29) is 12.1 Å². The average molecular weight is 272 g/mol. The summed E-state index contributed by atoms with van der Waals surface area (Å²) >= 11 is 0. The molecule has 6 nitrogen and oxygen atoms in total. The number of nitrogens with one attached hydrogen (secondary N) is 1. The molecular formula is C13H26N3O3+. The molecule has 0 aromatic rings. The Morgan fingerprint density at radius 2 is 1.89 bits per heavy atom. The summed E-state index contributed by atoms with van der Waals surface area (Å²) < 4.78 is 5.16. The zero-order valence-electron chi connectivity index (χ0n) is 12.2. The molecule has 1 rings (SSSR count). The molecule has 0 spiro atoms. The second kappa shape index (κ2) is 6.75. The second-order valence-corrected chi connectivity index (χ2v) is 6.04. The van der Waals surface area contributed by atoms with Crippen LogP contribution < -0.4 is 11.1 Å². The van der Waals surface area contributed by atoms with Crippen LogP contribution in [0.25, 0.3) is 0 Å². The number of hydrogen-bond acceptors (Lipinski definition) is 3. The number of piperidine rings is 1. The summed E-state index contributed by atoms with van der Waals surface area (Å²) in [7, 11) is 0. The van der Waals surface area contributed by atoms with E-state index in [0.717, 1.165) is 32.4 Å². The third-order valence-electron chi connectivity index (χ3n) is 3.19. The van der Waals surface area contributed by atoms with Crippen molar-refractivity contribution in [1.82, 2.24) is 10.2 Å². The summed E-state index contributed by atoms with van der Waals surface area (Å²) in [5, 5.41) is 2.77. The van der Waals surface area contributed by atoms with Gasteiger partial charge in [0.2, 0.25) is 0 Å². The van der Waals surface area contributed by atoms with Gasteiger partial charge in [-0.1, -0.05) is 0 Å². The molecule has 1 heterocycles. The van der Waals surface area contributed by atoms with E-state index in [1.807, 2.05) is 20.8 Å². The van der Waals surface area contributed by atoms with E-state index < -0.39 is 5.60 Å². The number of likely N-dealkylation sites (tertiary alicyclic amines) is 1. The van der Waals surface area contributed by atoms with E-state index in [9.17, 15) is 9.59 Å². The Bertz CT molecular complexity index is 318. The van der Waals surface area contributed by atoms with Crippen molar-refractivity contribution in [1.29, 1.82) is 0 Å². The predicted molar refractivity (Wildman–Crippen MR) is 71.4 cm³/mol. The highest BCUT2D eigenvalue weighted by atomic mass is 16.6. The molecule has 0 unspecified atom stereocenters. The van der Waals surface area contributed by atoms with Crippen molar-refractivity contribution in [2.24, 2.45) is 5.92 Å². The number of carbonyl (C=O) groups excluding carboxylic acids is 2. The van der Waals surface area contributed by atoms with Gasteiger partial charge in [0, 0.05) is 19.6 Å². The molecule has 0 aromatic heterocycles. The molecule has 0 bridgehead atoms. The molecule has 0 atom stereocenters. The SMILES string of the molecule is CC(C)(C)OC(=O)NCCC1CCN(C([NH3+])=O)CC1. The minimum Gasteiger partial charge on any atom is -0.444 e. The summed E-state index contributed by atoms with van der Waals surface area (Å²) in [6.45, 7) is 7.71. The van der Waals surface area contributed by atoms with Crippen molar-refractivity contribution >= 4 is 12.1 Å². The summed E-state index contributed by atoms with van der Waals surface area (Å²) in [6, 6.07) is -0.0923. The third kappa shape index (κ3) is 6.42. The van der Waals surface area contributed by atoms with Crippen molar-refractivity contribution in [3.63, 3.8) is 0 Å². The van der Waals surface area contributed by atoms with Crippen LogP contribution in [-0.4, -0.2) is 42.3 Å². The molecule has 4 N–H and O–H groups in total. The maximum Gasteiger partial charge on any atom is 0.414 e. The van der Waals surface area contributed by atoms with E-state index in [0.29, 0.717) is 12.5 Å². The van der Waals surface area contributed by atoms with Gasteiger partial charge in [0.05, 0.1) is 0 Å². The Morgan fingerprint density at radius 1 is 1.32 bits per heavy atom. The second-order valence-electron chi connectivity index (χ2n) is 6.04. The first kappa shape index (κ1) is 15.8. The molecule has 0 radical (unpaired) electrons. The molecule has 1 aliphatic heterocycles. The first-order chi connectivity index (χ1) is 8.78. The molecule has 1 saturated heterocycles. The van der Waals surface area contributed by atoms with Crippen LogP contribution in [0.2, 0.25) is 0 Å². The molecule has 0 aromatic carbocycles. The fourth-order valence-electron chi connectivity index (χ4n) is 2.16. The summed E-state index contributed by atoms with van der Waals surface area (Å²) in [4.78, 5) is 24.3. The monoisotopic (exact) mass is 272 g/mol. The standard InChI is InChI=1S/C13H25N3O3/c1-13(2,3)19-12(18)15-7-4-10-5-8-16(9-6-10)11(14)17/h10H,4-9H2,1-3H3,(H2,14,17)(H,15,18)/p+1. The number of alkyl carbamates (subject to hydrolysis) is 1. The first-order valence-electron chi connectivity index (χ1n) is 6.85. The lowest BCUT2D eigenvalue weighted by atomic mass is 9.94. The van der Waals surface area contributed by atoms with Crippen LogP contribution in [0.1, 0.15) is 40.0 Å². The summed E-state index contributed by atoms with van der Waals surface area (Å²) in [6.07, 6.45) is 2.53. The maximum atomic E-state index is 11.4. The minimum absolute atomic E-state index is 0.0923. The topological polar surface area (TPSA) is 86.3 Å². The molecule has 1 fully saturated rings. The molecule has 0 aliphatic carbocycles. The van der Waals surface area contributed by atoms with E-state index in [2.05, 4.69) is 11.1 Å². The van der Waals surface area contributed by atoms with Gasteiger partial charge in [-0.05, 0) is 46.0 Å². The number of quaternary nitrogens is 1. The number of ether oxygens (including phenoxy) is 1. The number of hydrogen-bond donors (Lipinski definition) is 2. The highest BCUT2D eigenvalue weighted by Crippen LogP contribution is 2.19. The van der Waals surface area contributed by atoms with Gasteiger partial charge >= 0.3 is 12.1 Å². The zero-order valence-corrected chi connectivity index (χ0v) is 12.2. The molecular weight excluding hydrogens is 246 g/mol. The van der Waals surface area contributed by atoms with E-state index in [1.54, 1.807) is 4.90 Å². The number of nitrogens with zero attached hydrogens (tertiary/aromatic N) is 1. The number of urea groups is 1. The third-order valence-corrected chi connectivity index (χ3v) is 3.19. The lowest BCUT2D eigenvalue weighted by Gasteiger charge is -2.29. The van der Waals surface area contributed by atoms with Crippen LogP contribution in [0.4, 0.5) is 9.59 Å². The van der Waals surface area contributed by atoms with Gasteiger partial charge in [-0.2, -0.15) is 0 Å². The maximum absolute atomic E-state index is 11.4. The van der Waals surface area contributed by atoms with Crippen molar-refractivity contribution in [3.8, 4) is 0 Å². The normalized spacial score (nSPS) is 17.2. The van der Waals surface area contributed by atoms with E-state index in [1.165, 1.54) is 0 Å². The van der Waals surface area contributed by atoms with E-state index >= 15 is 0 Å². The zero-order chi connectivity index (χ0) is 14.5. The van der Waals surface area contributed by atoms with Crippen LogP contribution in [-0.2, 0) is 4.74 Å². The average Bonchev–Trinajstić information content (AvgIpc) is 2.27. The fraction of sp³-hybridized carbons (Fsp3) is 0.846. The highest BCUT2D eigenvalue weighted by Gasteiger charge is 2.23. The van der Waals surface area contributed by atoms with Crippen molar-refractivity contribution in [2.75, 3.05) is 19.6 Å². The Labute approximate surface area is 114 Å². The molecule has 6 heteroatoms. The van der Waals surface area contributed by atoms with Crippen LogP contribution >= 0.6 is 0 Å². The Morgan fingerprint density at radius 3 is 2.37 bits per heavy atom. The quantitative estimate of drug-likeness (QED) is 0.802. The molecule has 110 valence electrons. The number of amides is 3. The molecule has 19 heavy (non-hydrogen) atoms. The van der Waals surface area contributed by atoms with Gasteiger partial charge in [0.15, 0.2) is 0 Å². The minimum atomic E-state index is -0.454. The van der Waals surface area contributed by atoms with Crippen molar-refractivity contribution in [2.45, 2.75) is 45.6 Å². The summed E-state index contributed by atoms with van der Waals surface area (Å²) in [5.74, 6) is 0.561. The van der Waals surface area contributed by atoms with Gasteiger partial charge in [-0.25, -0.2) is 9.59 Å². The van der Waals surface area contributed by atoms with Gasteiger partial charge in [-0.15, -0.1) is 0 Å². The van der Waals surface area contributed by atoms with Crippen LogP contribution in [0.15, 0.2) is 0 Å². The Hall–Kier alpha value is -1.30. The van der Waals surface area contributed by atoms with Crippen molar-refractivity contribution in [3.05, 3.63) is 0 Å². The molecule has 0 saturated carbocycles. The lowest BCUT2D eigenvalue weighted by Crippen LogP contribution is -2.65. The predicted octanol–water partition coefficient (Wildman–Crippen LogP) is 0.975. The van der Waals surface area contributed by atoms with E-state index in [4.69, 9.17) is 4.74 Å². The van der Waals surface area contributed by atoms with Crippen molar-refractivity contribution < 1.29 is 20.1 Å². The summed E-state index contributed by atoms with van der Waals surface area (Å²) in [5.41, 5.74) is 2.97. The van der Waals surface area contributed by atoms with Gasteiger partial charge in [0.25, 0.3) is 0 Å². The van der Waals surface area contributed by atoms with Gasteiger partial charge < -0.3 is 10.1 Å². The smallest absolute Gasteiger partial charge is 0.414 e. The van der Waals surface area contributed by atoms with Gasteiger partial charge in [0.1, 0.15) is 5.60 Å². The number of carbonyl (C=O) groups is 2. The number of rotatable bonds is 3. The molecule has 3 amide bonds. The Balaban J connectivity index is 2.14.